The van der Waals surface area contributed by atoms with Crippen LogP contribution in [0.25, 0.3) is 0 Å². The molecule has 0 bridgehead atoms. The summed E-state index contributed by atoms with van der Waals surface area (Å²) in [7, 11) is 1.62. The van der Waals surface area contributed by atoms with Crippen LogP contribution < -0.4 is 0 Å². The van der Waals surface area contributed by atoms with Gasteiger partial charge in [-0.2, -0.15) is 0 Å². The van der Waals surface area contributed by atoms with Gasteiger partial charge in [-0.25, -0.2) is 4.57 Å². The predicted octanol–water partition coefficient (Wildman–Crippen LogP) is 16.5. The van der Waals surface area contributed by atoms with Crippen molar-refractivity contribution in [1.82, 2.24) is 0 Å². The summed E-state index contributed by atoms with van der Waals surface area (Å²) in [6.45, 7) is 5.32. The van der Waals surface area contributed by atoms with Crippen molar-refractivity contribution in [3.05, 3.63) is 122 Å². The van der Waals surface area contributed by atoms with Gasteiger partial charge in [-0.1, -0.05) is 193 Å². The Morgan fingerprint density at radius 2 is 0.821 bits per heavy atom. The maximum absolute atomic E-state index is 12.8. The first-order valence-corrected chi connectivity index (χ1v) is 27.8. The molecule has 0 spiro atoms. The van der Waals surface area contributed by atoms with Crippen molar-refractivity contribution in [1.29, 1.82) is 0 Å². The fourth-order valence-corrected chi connectivity index (χ4v) is 7.29. The first kappa shape index (κ1) is 63.9. The number of carbonyl (C=O) groups excluding carboxylic acids is 1. The Bertz CT molecular complexity index is 1480. The topological polar surface area (TPSA) is 91.3 Å². The molecule has 1 N–H and O–H groups in total. The zero-order valence-corrected chi connectivity index (χ0v) is 44.2. The number of hydrogen-bond donors (Lipinski definition) is 1. The van der Waals surface area contributed by atoms with Gasteiger partial charge in [0.25, 0.3) is 0 Å². The lowest BCUT2D eigenvalue weighted by Gasteiger charge is -2.24. The lowest BCUT2D eigenvalue weighted by atomic mass is 10.1. The van der Waals surface area contributed by atoms with E-state index in [0.717, 1.165) is 109 Å². The van der Waals surface area contributed by atoms with E-state index < -0.39 is 13.9 Å². The van der Waals surface area contributed by atoms with Crippen LogP contribution in [-0.2, 0) is 27.9 Å². The molecule has 0 aliphatic heterocycles. The number of allylic oxidation sites excluding steroid dienone is 20. The highest BCUT2D eigenvalue weighted by Gasteiger charge is 2.26. The molecule has 0 aliphatic rings. The SMILES string of the molecule is CC/C=C\C/C=C\C/C=C\C/C=C\C/C=C\C/C=C\CCCCCCC(=O)OC(COCCCCCCCCCCC/C=C\C/C=C\C/C=C\C/C=C\CC)COP(=O)(O)OCC[N+](C)(C)C. The van der Waals surface area contributed by atoms with Crippen molar-refractivity contribution in [2.45, 2.75) is 187 Å². The molecule has 67 heavy (non-hydrogen) atoms. The van der Waals surface area contributed by atoms with Crippen LogP contribution in [0.3, 0.4) is 0 Å². The third kappa shape index (κ3) is 53.7. The molecule has 9 heteroatoms. The number of hydrogen-bond acceptors (Lipinski definition) is 6. The fraction of sp³-hybridized carbons (Fsp3) is 0.638. The first-order valence-electron chi connectivity index (χ1n) is 26.3. The molecule has 0 radical (unpaired) electrons. The Hall–Kier alpha value is -3.10. The van der Waals surface area contributed by atoms with Gasteiger partial charge in [-0.05, 0) is 103 Å². The minimum atomic E-state index is -4.30. The summed E-state index contributed by atoms with van der Waals surface area (Å²) < 4.78 is 35.1. The van der Waals surface area contributed by atoms with Crippen LogP contribution in [0.1, 0.15) is 181 Å². The zero-order chi connectivity index (χ0) is 49.0. The molecule has 0 saturated heterocycles. The van der Waals surface area contributed by atoms with Crippen molar-refractivity contribution < 1.29 is 37.3 Å². The number of ether oxygens (including phenoxy) is 2. The van der Waals surface area contributed by atoms with Crippen LogP contribution in [0.5, 0.6) is 0 Å². The molecule has 382 valence electrons. The highest BCUT2D eigenvalue weighted by molar-refractivity contribution is 7.47. The summed E-state index contributed by atoms with van der Waals surface area (Å²) in [6.07, 6.45) is 71.0. The van der Waals surface area contributed by atoms with E-state index in [9.17, 15) is 14.3 Å². The van der Waals surface area contributed by atoms with Gasteiger partial charge >= 0.3 is 13.8 Å². The van der Waals surface area contributed by atoms with E-state index in [0.29, 0.717) is 24.1 Å². The van der Waals surface area contributed by atoms with Crippen LogP contribution in [0.15, 0.2) is 122 Å². The molecule has 0 aromatic carbocycles. The van der Waals surface area contributed by atoms with E-state index >= 15 is 0 Å². The number of esters is 1. The molecular weight excluding hydrogens is 854 g/mol. The van der Waals surface area contributed by atoms with E-state index in [1.165, 1.54) is 51.4 Å². The van der Waals surface area contributed by atoms with Crippen molar-refractivity contribution in [2.75, 3.05) is 54.1 Å². The summed E-state index contributed by atoms with van der Waals surface area (Å²) in [6, 6.07) is 0. The number of carbonyl (C=O) groups is 1. The van der Waals surface area contributed by atoms with E-state index in [1.807, 2.05) is 21.1 Å². The summed E-state index contributed by atoms with van der Waals surface area (Å²) >= 11 is 0. The second-order valence-corrected chi connectivity index (χ2v) is 19.6. The van der Waals surface area contributed by atoms with Gasteiger partial charge in [0.1, 0.15) is 19.3 Å². The molecular formula is C58H99NO7P+. The zero-order valence-electron chi connectivity index (χ0n) is 43.3. The van der Waals surface area contributed by atoms with Crippen LogP contribution in [0, 0.1) is 0 Å². The summed E-state index contributed by atoms with van der Waals surface area (Å²) in [5.41, 5.74) is 0. The monoisotopic (exact) mass is 953 g/mol. The van der Waals surface area contributed by atoms with Gasteiger partial charge < -0.3 is 18.9 Å². The molecule has 0 heterocycles. The number of unbranched alkanes of at least 4 members (excludes halogenated alkanes) is 13. The van der Waals surface area contributed by atoms with Crippen LogP contribution in [0.4, 0.5) is 0 Å². The summed E-state index contributed by atoms with van der Waals surface area (Å²) in [5, 5.41) is 0. The molecule has 0 amide bonds. The third-order valence-electron chi connectivity index (χ3n) is 10.5. The standard InChI is InChI=1S/C58H98NO7P/c1-6-8-10-12-14-16-18-20-22-24-26-28-30-31-33-35-37-39-41-43-45-47-49-51-58(60)66-57(56-65-67(61,62)64-54-52-59(3,4)5)55-63-53-50-48-46-44-42-40-38-36-34-32-29-27-25-23-21-19-17-15-13-11-9-7-2/h8-11,14-17,20-23,26-29,31,33,37,39,57H,6-7,12-13,18-19,24-25,30,32,34-36,38,40-56H2,1-5H3/p+1/b10-8-,11-9-,16-14-,17-15-,22-20-,23-21-,28-26-,29-27-,33-31-,39-37-. The average Bonchev–Trinajstić information content (AvgIpc) is 3.29. The minimum Gasteiger partial charge on any atom is -0.457 e. The number of likely N-dealkylation sites (N-methyl/N-ethyl adjacent to an activating group) is 1. The largest absolute Gasteiger partial charge is 0.472 e. The third-order valence-corrected chi connectivity index (χ3v) is 11.5. The lowest BCUT2D eigenvalue weighted by Crippen LogP contribution is -2.37. The number of rotatable bonds is 47. The number of phosphoric ester groups is 1. The molecule has 0 aromatic rings. The van der Waals surface area contributed by atoms with Crippen molar-refractivity contribution >= 4 is 13.8 Å². The van der Waals surface area contributed by atoms with Gasteiger partial charge in [0.2, 0.25) is 0 Å². The van der Waals surface area contributed by atoms with E-state index in [2.05, 4.69) is 135 Å². The van der Waals surface area contributed by atoms with Crippen molar-refractivity contribution in [3.63, 3.8) is 0 Å². The first-order chi connectivity index (χ1) is 32.6. The predicted molar refractivity (Wildman–Crippen MR) is 288 cm³/mol. The van der Waals surface area contributed by atoms with E-state index in [4.69, 9.17) is 18.5 Å². The molecule has 2 atom stereocenters. The highest BCUT2D eigenvalue weighted by Crippen LogP contribution is 2.43. The van der Waals surface area contributed by atoms with Gasteiger partial charge in [0.05, 0.1) is 34.4 Å². The van der Waals surface area contributed by atoms with Crippen LogP contribution in [-0.4, -0.2) is 75.6 Å². The maximum Gasteiger partial charge on any atom is 0.472 e. The van der Waals surface area contributed by atoms with Gasteiger partial charge in [0.15, 0.2) is 0 Å². The normalized spacial score (nSPS) is 14.5. The smallest absolute Gasteiger partial charge is 0.457 e. The second-order valence-electron chi connectivity index (χ2n) is 18.1. The van der Waals surface area contributed by atoms with Gasteiger partial charge in [-0.15, -0.1) is 0 Å². The van der Waals surface area contributed by atoms with Crippen LogP contribution >= 0.6 is 7.82 Å². The highest BCUT2D eigenvalue weighted by atomic mass is 31.2. The minimum absolute atomic E-state index is 0.0744. The number of nitrogens with zero attached hydrogens (tertiary/aromatic N) is 1. The Labute approximate surface area is 412 Å². The molecule has 0 aromatic heterocycles. The number of quaternary nitrogens is 1. The molecule has 2 unspecified atom stereocenters. The van der Waals surface area contributed by atoms with Gasteiger partial charge in [-0.3, -0.25) is 13.8 Å². The van der Waals surface area contributed by atoms with Crippen molar-refractivity contribution in [3.8, 4) is 0 Å². The van der Waals surface area contributed by atoms with Gasteiger partial charge in [0, 0.05) is 13.0 Å². The van der Waals surface area contributed by atoms with E-state index in [-0.39, 0.29) is 25.8 Å². The van der Waals surface area contributed by atoms with Crippen molar-refractivity contribution in [2.24, 2.45) is 0 Å². The average molecular weight is 953 g/mol. The summed E-state index contributed by atoms with van der Waals surface area (Å²) in [4.78, 5) is 23.0. The second kappa shape index (κ2) is 49.3. The van der Waals surface area contributed by atoms with Crippen LogP contribution in [0.2, 0.25) is 0 Å². The molecule has 0 rings (SSSR count). The fourth-order valence-electron chi connectivity index (χ4n) is 6.55. The Morgan fingerprint density at radius 3 is 1.22 bits per heavy atom. The maximum atomic E-state index is 12.8. The molecule has 0 aliphatic carbocycles. The number of phosphoric acid groups is 1. The molecule has 8 nitrogen and oxygen atoms in total. The Morgan fingerprint density at radius 1 is 0.463 bits per heavy atom. The molecule has 0 fully saturated rings. The molecule has 0 saturated carbocycles. The Kier molecular flexibility index (Phi) is 47.0. The van der Waals surface area contributed by atoms with E-state index in [1.54, 1.807) is 0 Å². The quantitative estimate of drug-likeness (QED) is 0.0214. The summed E-state index contributed by atoms with van der Waals surface area (Å²) in [5.74, 6) is -0.345. The Balaban J connectivity index is 4.24. The lowest BCUT2D eigenvalue weighted by molar-refractivity contribution is -0.870.